The lowest BCUT2D eigenvalue weighted by atomic mass is 10.00. The highest BCUT2D eigenvalue weighted by atomic mass is 16.5. The molecule has 0 N–H and O–H groups in total. The Morgan fingerprint density at radius 1 is 1.54 bits per heavy atom. The van der Waals surface area contributed by atoms with E-state index in [0.29, 0.717) is 12.4 Å². The Balaban J connectivity index is 2.85. The Bertz CT molecular complexity index is 261. The van der Waals surface area contributed by atoms with Crippen molar-refractivity contribution in [2.24, 2.45) is 5.92 Å². The van der Waals surface area contributed by atoms with Crippen LogP contribution in [0.25, 0.3) is 0 Å². The van der Waals surface area contributed by atoms with E-state index in [1.165, 1.54) is 0 Å². The van der Waals surface area contributed by atoms with Gasteiger partial charge in [-0.05, 0) is 26.3 Å². The standard InChI is InChI=1S/C11H16O2/c1-4-8-7-10(13-6-3)11(12)9(8)5-2/h5,7-8H,4,6H2,1-3H3/b9-5+. The fourth-order valence-corrected chi connectivity index (χ4v) is 1.61. The summed E-state index contributed by atoms with van der Waals surface area (Å²) >= 11 is 0. The number of hydrogen-bond donors (Lipinski definition) is 0. The maximum atomic E-state index is 11.6. The van der Waals surface area contributed by atoms with Crippen LogP contribution in [0.3, 0.4) is 0 Å². The average molecular weight is 180 g/mol. The molecule has 0 heterocycles. The van der Waals surface area contributed by atoms with Crippen LogP contribution in [0.15, 0.2) is 23.5 Å². The molecule has 1 rings (SSSR count). The largest absolute Gasteiger partial charge is 0.490 e. The molecule has 1 aliphatic carbocycles. The zero-order chi connectivity index (χ0) is 9.84. The highest BCUT2D eigenvalue weighted by Crippen LogP contribution is 2.29. The molecule has 0 saturated carbocycles. The van der Waals surface area contributed by atoms with Crippen molar-refractivity contribution in [1.82, 2.24) is 0 Å². The van der Waals surface area contributed by atoms with Crippen molar-refractivity contribution in [2.45, 2.75) is 27.2 Å². The molecule has 0 spiro atoms. The lowest BCUT2D eigenvalue weighted by Gasteiger charge is -2.04. The Morgan fingerprint density at radius 3 is 2.62 bits per heavy atom. The molecule has 13 heavy (non-hydrogen) atoms. The summed E-state index contributed by atoms with van der Waals surface area (Å²) in [6.45, 7) is 6.43. The van der Waals surface area contributed by atoms with E-state index < -0.39 is 0 Å². The van der Waals surface area contributed by atoms with Gasteiger partial charge < -0.3 is 4.74 Å². The van der Waals surface area contributed by atoms with Crippen molar-refractivity contribution in [3.63, 3.8) is 0 Å². The lowest BCUT2D eigenvalue weighted by molar-refractivity contribution is -0.115. The van der Waals surface area contributed by atoms with Crippen LogP contribution in [0, 0.1) is 5.92 Å². The predicted molar refractivity (Wildman–Crippen MR) is 52.3 cm³/mol. The minimum Gasteiger partial charge on any atom is -0.490 e. The average Bonchev–Trinajstić information content (AvgIpc) is 2.44. The Kier molecular flexibility index (Phi) is 3.29. The summed E-state index contributed by atoms with van der Waals surface area (Å²) in [5.74, 6) is 0.859. The van der Waals surface area contributed by atoms with Crippen molar-refractivity contribution in [1.29, 1.82) is 0 Å². The monoisotopic (exact) mass is 180 g/mol. The predicted octanol–water partition coefficient (Wildman–Crippen LogP) is 2.46. The number of Topliss-reactive ketones (excluding diaryl/α,β-unsaturated/α-hetero) is 1. The summed E-state index contributed by atoms with van der Waals surface area (Å²) in [5, 5.41) is 0. The molecule has 2 nitrogen and oxygen atoms in total. The first kappa shape index (κ1) is 10.0. The van der Waals surface area contributed by atoms with Crippen LogP contribution in [0.2, 0.25) is 0 Å². The fourth-order valence-electron chi connectivity index (χ4n) is 1.61. The number of rotatable bonds is 3. The van der Waals surface area contributed by atoms with Crippen LogP contribution < -0.4 is 0 Å². The molecule has 0 saturated heterocycles. The summed E-state index contributed by atoms with van der Waals surface area (Å²) in [7, 11) is 0. The quantitative estimate of drug-likeness (QED) is 0.624. The van der Waals surface area contributed by atoms with E-state index >= 15 is 0 Å². The molecule has 0 radical (unpaired) electrons. The summed E-state index contributed by atoms with van der Waals surface area (Å²) in [4.78, 5) is 11.6. The van der Waals surface area contributed by atoms with Gasteiger partial charge in [0.05, 0.1) is 6.61 Å². The van der Waals surface area contributed by atoms with Gasteiger partial charge in [0, 0.05) is 11.5 Å². The van der Waals surface area contributed by atoms with Gasteiger partial charge in [0.2, 0.25) is 5.78 Å². The molecule has 0 bridgehead atoms. The normalized spacial score (nSPS) is 25.2. The minimum atomic E-state index is 0.0659. The van der Waals surface area contributed by atoms with Gasteiger partial charge in [-0.25, -0.2) is 0 Å². The molecule has 0 aromatic carbocycles. The van der Waals surface area contributed by atoms with E-state index in [2.05, 4.69) is 6.92 Å². The Labute approximate surface area is 79.3 Å². The summed E-state index contributed by atoms with van der Waals surface area (Å²) in [5.41, 5.74) is 0.881. The first-order valence-corrected chi connectivity index (χ1v) is 4.80. The van der Waals surface area contributed by atoms with E-state index in [1.54, 1.807) is 0 Å². The molecule has 0 amide bonds. The molecule has 0 aromatic rings. The third-order valence-corrected chi connectivity index (χ3v) is 2.29. The molecule has 2 heteroatoms. The highest BCUT2D eigenvalue weighted by Gasteiger charge is 2.28. The molecule has 0 aromatic heterocycles. The minimum absolute atomic E-state index is 0.0659. The number of allylic oxidation sites excluding steroid dienone is 3. The van der Waals surface area contributed by atoms with Crippen LogP contribution in [0.5, 0.6) is 0 Å². The summed E-state index contributed by atoms with van der Waals surface area (Å²) < 4.78 is 5.25. The maximum Gasteiger partial charge on any atom is 0.223 e. The molecule has 0 fully saturated rings. The topological polar surface area (TPSA) is 26.3 Å². The van der Waals surface area contributed by atoms with Crippen LogP contribution in [0.1, 0.15) is 27.2 Å². The second kappa shape index (κ2) is 4.26. The molecule has 72 valence electrons. The van der Waals surface area contributed by atoms with Crippen LogP contribution in [-0.2, 0) is 9.53 Å². The second-order valence-corrected chi connectivity index (χ2v) is 3.05. The number of carbonyl (C=O) groups is 1. The lowest BCUT2D eigenvalue weighted by Crippen LogP contribution is -2.05. The zero-order valence-corrected chi connectivity index (χ0v) is 8.46. The number of ketones is 1. The third kappa shape index (κ3) is 1.82. The van der Waals surface area contributed by atoms with Gasteiger partial charge in [-0.15, -0.1) is 0 Å². The molecular formula is C11H16O2. The fraction of sp³-hybridized carbons (Fsp3) is 0.545. The summed E-state index contributed by atoms with van der Waals surface area (Å²) in [6.07, 6.45) is 4.78. The summed E-state index contributed by atoms with van der Waals surface area (Å²) in [6, 6.07) is 0. The molecule has 1 unspecified atom stereocenters. The van der Waals surface area contributed by atoms with Crippen LogP contribution in [-0.4, -0.2) is 12.4 Å². The van der Waals surface area contributed by atoms with E-state index in [4.69, 9.17) is 4.74 Å². The maximum absolute atomic E-state index is 11.6. The van der Waals surface area contributed by atoms with Crippen molar-refractivity contribution in [3.05, 3.63) is 23.5 Å². The van der Waals surface area contributed by atoms with E-state index in [0.717, 1.165) is 12.0 Å². The first-order valence-electron chi connectivity index (χ1n) is 4.80. The van der Waals surface area contributed by atoms with Crippen molar-refractivity contribution >= 4 is 5.78 Å². The number of carbonyl (C=O) groups excluding carboxylic acids is 1. The molecule has 1 atom stereocenters. The number of ether oxygens (including phenoxy) is 1. The zero-order valence-electron chi connectivity index (χ0n) is 8.46. The molecule has 0 aliphatic heterocycles. The van der Waals surface area contributed by atoms with Crippen LogP contribution >= 0.6 is 0 Å². The Morgan fingerprint density at radius 2 is 2.23 bits per heavy atom. The van der Waals surface area contributed by atoms with E-state index in [-0.39, 0.29) is 11.7 Å². The smallest absolute Gasteiger partial charge is 0.223 e. The van der Waals surface area contributed by atoms with Crippen molar-refractivity contribution in [3.8, 4) is 0 Å². The van der Waals surface area contributed by atoms with Gasteiger partial charge >= 0.3 is 0 Å². The molecular weight excluding hydrogens is 164 g/mol. The Hall–Kier alpha value is -1.05. The highest BCUT2D eigenvalue weighted by molar-refractivity contribution is 6.10. The van der Waals surface area contributed by atoms with Gasteiger partial charge in [0.1, 0.15) is 0 Å². The number of hydrogen-bond acceptors (Lipinski definition) is 2. The van der Waals surface area contributed by atoms with Crippen molar-refractivity contribution < 1.29 is 9.53 Å². The molecule has 1 aliphatic rings. The van der Waals surface area contributed by atoms with Crippen LogP contribution in [0.4, 0.5) is 0 Å². The van der Waals surface area contributed by atoms with Crippen molar-refractivity contribution in [2.75, 3.05) is 6.61 Å². The van der Waals surface area contributed by atoms with Gasteiger partial charge in [0.25, 0.3) is 0 Å². The first-order chi connectivity index (χ1) is 6.24. The van der Waals surface area contributed by atoms with Gasteiger partial charge in [0.15, 0.2) is 5.76 Å². The van der Waals surface area contributed by atoms with Gasteiger partial charge in [-0.2, -0.15) is 0 Å². The second-order valence-electron chi connectivity index (χ2n) is 3.05. The SMILES string of the molecule is C/C=C1/C(=O)C(OCC)=CC1CC. The third-order valence-electron chi connectivity index (χ3n) is 2.29. The van der Waals surface area contributed by atoms with E-state index in [9.17, 15) is 4.79 Å². The van der Waals surface area contributed by atoms with Gasteiger partial charge in [-0.3, -0.25) is 4.79 Å². The van der Waals surface area contributed by atoms with E-state index in [1.807, 2.05) is 26.0 Å². The van der Waals surface area contributed by atoms with Gasteiger partial charge in [-0.1, -0.05) is 13.0 Å².